The molecular weight excluding hydrogens is 442 g/mol. The standard InChI is InChI=1S/C24H33N3O5S/c1-5-27(23(30)32-24(2,3)4)15-7-9-16(10-8-15)31-21-20-19-14(12-18(28)29)6-11-17(19)33-22(20)26-13-25-21/h13-16H,5-12H2,1-4H3,(H,28,29)/t14-,15-,16-/m1/s1. The molecule has 0 spiro atoms. The molecule has 0 saturated heterocycles. The predicted octanol–water partition coefficient (Wildman–Crippen LogP) is 5.14. The summed E-state index contributed by atoms with van der Waals surface area (Å²) >= 11 is 1.63. The van der Waals surface area contributed by atoms with E-state index in [1.165, 1.54) is 11.2 Å². The second kappa shape index (κ2) is 9.44. The number of fused-ring (bicyclic) bond motifs is 3. The molecule has 2 aromatic heterocycles. The van der Waals surface area contributed by atoms with E-state index in [4.69, 9.17) is 9.47 Å². The lowest BCUT2D eigenvalue weighted by Crippen LogP contribution is -2.45. The Bertz CT molecular complexity index is 1020. The third kappa shape index (κ3) is 5.23. The van der Waals surface area contributed by atoms with Gasteiger partial charge >= 0.3 is 12.1 Å². The van der Waals surface area contributed by atoms with E-state index in [0.29, 0.717) is 12.4 Å². The first-order valence-corrected chi connectivity index (χ1v) is 12.6. The number of thiophene rings is 1. The van der Waals surface area contributed by atoms with E-state index in [1.54, 1.807) is 11.3 Å². The zero-order valence-electron chi connectivity index (χ0n) is 19.8. The monoisotopic (exact) mass is 475 g/mol. The lowest BCUT2D eigenvalue weighted by atomic mass is 9.92. The van der Waals surface area contributed by atoms with Crippen molar-refractivity contribution in [3.8, 4) is 5.88 Å². The van der Waals surface area contributed by atoms with Crippen molar-refractivity contribution in [3.63, 3.8) is 0 Å². The Morgan fingerprint density at radius 3 is 2.55 bits per heavy atom. The quantitative estimate of drug-likeness (QED) is 0.617. The molecule has 1 fully saturated rings. The predicted molar refractivity (Wildman–Crippen MR) is 126 cm³/mol. The van der Waals surface area contributed by atoms with Crippen LogP contribution in [-0.4, -0.2) is 56.3 Å². The molecule has 8 nitrogen and oxygen atoms in total. The van der Waals surface area contributed by atoms with Crippen LogP contribution < -0.4 is 4.74 Å². The molecule has 1 amide bonds. The largest absolute Gasteiger partial charge is 0.481 e. The van der Waals surface area contributed by atoms with Gasteiger partial charge in [-0.1, -0.05) is 0 Å². The number of hydrogen-bond donors (Lipinski definition) is 1. The molecule has 1 atom stereocenters. The Morgan fingerprint density at radius 2 is 1.91 bits per heavy atom. The van der Waals surface area contributed by atoms with Gasteiger partial charge < -0.3 is 19.5 Å². The van der Waals surface area contributed by atoms with E-state index in [2.05, 4.69) is 9.97 Å². The zero-order chi connectivity index (χ0) is 23.8. The van der Waals surface area contributed by atoms with Gasteiger partial charge in [-0.3, -0.25) is 4.79 Å². The van der Waals surface area contributed by atoms with Crippen molar-refractivity contribution in [3.05, 3.63) is 16.8 Å². The summed E-state index contributed by atoms with van der Waals surface area (Å²) in [7, 11) is 0. The average Bonchev–Trinajstić information content (AvgIpc) is 3.28. The van der Waals surface area contributed by atoms with Crippen molar-refractivity contribution in [2.45, 2.75) is 96.3 Å². The number of rotatable bonds is 6. The topological polar surface area (TPSA) is 102 Å². The summed E-state index contributed by atoms with van der Waals surface area (Å²) < 4.78 is 12.0. The van der Waals surface area contributed by atoms with Gasteiger partial charge in [0.1, 0.15) is 22.9 Å². The molecule has 0 unspecified atom stereocenters. The number of ether oxygens (including phenoxy) is 2. The third-order valence-electron chi connectivity index (χ3n) is 6.45. The lowest BCUT2D eigenvalue weighted by Gasteiger charge is -2.37. The number of carboxylic acid groups (broad SMARTS) is 1. The van der Waals surface area contributed by atoms with Gasteiger partial charge in [-0.25, -0.2) is 14.8 Å². The highest BCUT2D eigenvalue weighted by Gasteiger charge is 2.34. The minimum Gasteiger partial charge on any atom is -0.481 e. The molecule has 0 bridgehead atoms. The number of nitrogens with zero attached hydrogens (tertiary/aromatic N) is 3. The molecular formula is C24H33N3O5S. The van der Waals surface area contributed by atoms with Crippen LogP contribution in [0.2, 0.25) is 0 Å². The van der Waals surface area contributed by atoms with Gasteiger partial charge in [-0.15, -0.1) is 11.3 Å². The van der Waals surface area contributed by atoms with Gasteiger partial charge in [-0.05, 0) is 77.7 Å². The molecule has 1 N–H and O–H groups in total. The van der Waals surface area contributed by atoms with Crippen LogP contribution in [0.25, 0.3) is 10.2 Å². The number of amides is 1. The van der Waals surface area contributed by atoms with Crippen LogP contribution in [0.1, 0.15) is 82.6 Å². The summed E-state index contributed by atoms with van der Waals surface area (Å²) in [5.41, 5.74) is 0.562. The molecule has 4 rings (SSSR count). The van der Waals surface area contributed by atoms with Crippen LogP contribution in [0.3, 0.4) is 0 Å². The van der Waals surface area contributed by atoms with Crippen molar-refractivity contribution >= 4 is 33.6 Å². The van der Waals surface area contributed by atoms with Gasteiger partial charge in [0, 0.05) is 17.5 Å². The third-order valence-corrected chi connectivity index (χ3v) is 7.62. The molecule has 0 aromatic carbocycles. The van der Waals surface area contributed by atoms with E-state index in [1.807, 2.05) is 32.6 Å². The summed E-state index contributed by atoms with van der Waals surface area (Å²) in [5.74, 6) is -0.227. The van der Waals surface area contributed by atoms with Crippen molar-refractivity contribution < 1.29 is 24.2 Å². The number of carboxylic acids is 1. The second-order valence-corrected chi connectivity index (χ2v) is 11.0. The van der Waals surface area contributed by atoms with E-state index >= 15 is 0 Å². The average molecular weight is 476 g/mol. The number of carbonyl (C=O) groups is 2. The highest BCUT2D eigenvalue weighted by Crippen LogP contribution is 2.47. The molecule has 0 radical (unpaired) electrons. The Hall–Kier alpha value is -2.42. The van der Waals surface area contributed by atoms with Crippen molar-refractivity contribution in [2.24, 2.45) is 0 Å². The van der Waals surface area contributed by atoms with Crippen LogP contribution in [0.5, 0.6) is 5.88 Å². The molecule has 180 valence electrons. The number of aliphatic carboxylic acids is 1. The fourth-order valence-electron chi connectivity index (χ4n) is 5.03. The van der Waals surface area contributed by atoms with Gasteiger partial charge in [0.25, 0.3) is 0 Å². The molecule has 2 aromatic rings. The van der Waals surface area contributed by atoms with Crippen molar-refractivity contribution in [1.29, 1.82) is 0 Å². The SMILES string of the molecule is CCN(C(=O)OC(C)(C)C)[C@H]1CC[C@H](Oc2ncnc3sc4c(c23)[C@@H](CC(=O)O)CC4)CC1. The summed E-state index contributed by atoms with van der Waals surface area (Å²) in [6.45, 7) is 8.24. The summed E-state index contributed by atoms with van der Waals surface area (Å²) in [6, 6.07) is 0.139. The minimum absolute atomic E-state index is 0.00608. The van der Waals surface area contributed by atoms with E-state index in [-0.39, 0.29) is 30.6 Å². The number of carbonyl (C=O) groups excluding carboxylic acids is 1. The fraction of sp³-hybridized carbons (Fsp3) is 0.667. The lowest BCUT2D eigenvalue weighted by molar-refractivity contribution is -0.137. The molecule has 2 heterocycles. The van der Waals surface area contributed by atoms with Crippen LogP contribution in [-0.2, 0) is 16.0 Å². The van der Waals surface area contributed by atoms with Gasteiger partial charge in [0.15, 0.2) is 0 Å². The maximum Gasteiger partial charge on any atom is 0.410 e. The van der Waals surface area contributed by atoms with Gasteiger partial charge in [0.2, 0.25) is 5.88 Å². The highest BCUT2D eigenvalue weighted by molar-refractivity contribution is 7.19. The Balaban J connectivity index is 1.45. The number of hydrogen-bond acceptors (Lipinski definition) is 7. The molecule has 1 saturated carbocycles. The van der Waals surface area contributed by atoms with Gasteiger partial charge in [-0.2, -0.15) is 0 Å². The Labute approximate surface area is 198 Å². The maximum absolute atomic E-state index is 12.6. The number of aromatic nitrogens is 2. The maximum atomic E-state index is 12.6. The molecule has 2 aliphatic rings. The first-order valence-electron chi connectivity index (χ1n) is 11.8. The fourth-order valence-corrected chi connectivity index (χ4v) is 6.27. The Morgan fingerprint density at radius 1 is 1.18 bits per heavy atom. The first-order chi connectivity index (χ1) is 15.7. The van der Waals surface area contributed by atoms with Crippen molar-refractivity contribution in [2.75, 3.05) is 6.54 Å². The van der Waals surface area contributed by atoms with Crippen LogP contribution in [0, 0.1) is 0 Å². The second-order valence-electron chi connectivity index (χ2n) is 9.95. The van der Waals surface area contributed by atoms with E-state index in [0.717, 1.165) is 54.3 Å². The molecule has 2 aliphatic carbocycles. The van der Waals surface area contributed by atoms with E-state index in [9.17, 15) is 14.7 Å². The first kappa shape index (κ1) is 23.7. The summed E-state index contributed by atoms with van der Waals surface area (Å²) in [4.78, 5) is 36.8. The highest BCUT2D eigenvalue weighted by atomic mass is 32.1. The molecule has 0 aliphatic heterocycles. The van der Waals surface area contributed by atoms with E-state index < -0.39 is 11.6 Å². The summed E-state index contributed by atoms with van der Waals surface area (Å²) in [6.07, 6.45) is 6.46. The smallest absolute Gasteiger partial charge is 0.410 e. The minimum atomic E-state index is -0.782. The van der Waals surface area contributed by atoms with Crippen molar-refractivity contribution in [1.82, 2.24) is 14.9 Å². The van der Waals surface area contributed by atoms with Crippen LogP contribution in [0.4, 0.5) is 4.79 Å². The molecule has 33 heavy (non-hydrogen) atoms. The zero-order valence-corrected chi connectivity index (χ0v) is 20.6. The summed E-state index contributed by atoms with van der Waals surface area (Å²) in [5, 5.41) is 10.2. The Kier molecular flexibility index (Phi) is 6.79. The van der Waals surface area contributed by atoms with Crippen LogP contribution >= 0.6 is 11.3 Å². The van der Waals surface area contributed by atoms with Gasteiger partial charge in [0.05, 0.1) is 11.8 Å². The molecule has 9 heteroatoms. The normalized spacial score (nSPS) is 22.7. The van der Waals surface area contributed by atoms with Crippen LogP contribution in [0.15, 0.2) is 6.33 Å². The number of aryl methyl sites for hydroxylation is 1.